The molecule has 3 heterocycles. The van der Waals surface area contributed by atoms with Crippen molar-refractivity contribution in [1.29, 1.82) is 0 Å². The van der Waals surface area contributed by atoms with Gasteiger partial charge in [0.2, 0.25) is 5.91 Å². The Balaban J connectivity index is 1.76. The third-order valence-electron chi connectivity index (χ3n) is 5.59. The van der Waals surface area contributed by atoms with E-state index in [0.717, 1.165) is 38.2 Å². The second kappa shape index (κ2) is 9.65. The first-order chi connectivity index (χ1) is 14.0. The van der Waals surface area contributed by atoms with Crippen molar-refractivity contribution in [1.82, 2.24) is 24.3 Å². The van der Waals surface area contributed by atoms with Crippen LogP contribution in [0.3, 0.4) is 0 Å². The monoisotopic (exact) mass is 399 g/mol. The minimum Gasteiger partial charge on any atom is -0.338 e. The molecule has 1 aliphatic rings. The zero-order chi connectivity index (χ0) is 20.8. The number of aromatic nitrogens is 3. The van der Waals surface area contributed by atoms with E-state index in [9.17, 15) is 14.4 Å². The van der Waals surface area contributed by atoms with E-state index >= 15 is 0 Å². The van der Waals surface area contributed by atoms with Gasteiger partial charge in [-0.1, -0.05) is 13.0 Å². The van der Waals surface area contributed by atoms with Crippen molar-refractivity contribution in [3.63, 3.8) is 0 Å². The Morgan fingerprint density at radius 2 is 2.03 bits per heavy atom. The lowest BCUT2D eigenvalue weighted by Gasteiger charge is -2.38. The maximum absolute atomic E-state index is 13.2. The van der Waals surface area contributed by atoms with E-state index in [1.165, 1.54) is 10.8 Å². The molecule has 1 N–H and O–H groups in total. The number of nitrogens with one attached hydrogen (secondary N) is 1. The molecular weight excluding hydrogens is 370 g/mol. The minimum absolute atomic E-state index is 0.0767. The fourth-order valence-electron chi connectivity index (χ4n) is 3.81. The Hall–Kier alpha value is -2.74. The summed E-state index contributed by atoms with van der Waals surface area (Å²) in [4.78, 5) is 47.8. The molecule has 1 fully saturated rings. The Kier molecular flexibility index (Phi) is 6.98. The molecule has 0 atom stereocenters. The molecule has 1 amide bonds. The Morgan fingerprint density at radius 1 is 1.28 bits per heavy atom. The van der Waals surface area contributed by atoms with Gasteiger partial charge >= 0.3 is 5.69 Å². The molecule has 8 nitrogen and oxygen atoms in total. The summed E-state index contributed by atoms with van der Waals surface area (Å²) in [6.45, 7) is 7.20. The van der Waals surface area contributed by atoms with E-state index in [4.69, 9.17) is 0 Å². The fourth-order valence-corrected chi connectivity index (χ4v) is 3.81. The van der Waals surface area contributed by atoms with Crippen LogP contribution >= 0.6 is 0 Å². The molecule has 0 bridgehead atoms. The van der Waals surface area contributed by atoms with E-state index in [1.807, 2.05) is 23.1 Å². The molecule has 0 aromatic carbocycles. The SMILES string of the molecule is CCN1CCC(N(CCc2ccccn2)C(=O)Cn2cc(C)c(=O)[nH]c2=O)CC1. The van der Waals surface area contributed by atoms with Gasteiger partial charge in [-0.3, -0.25) is 24.1 Å². The average Bonchev–Trinajstić information content (AvgIpc) is 2.73. The van der Waals surface area contributed by atoms with Crippen LogP contribution in [-0.2, 0) is 17.8 Å². The number of pyridine rings is 1. The first kappa shape index (κ1) is 21.0. The summed E-state index contributed by atoms with van der Waals surface area (Å²) in [6, 6.07) is 5.92. The predicted molar refractivity (Wildman–Crippen MR) is 111 cm³/mol. The van der Waals surface area contributed by atoms with E-state index in [0.29, 0.717) is 18.5 Å². The highest BCUT2D eigenvalue weighted by Gasteiger charge is 2.27. The molecule has 2 aromatic rings. The standard InChI is InChI=1S/C21H29N5O3/c1-3-24-11-8-18(9-12-24)26(13-7-17-6-4-5-10-22-17)19(27)15-25-14-16(2)20(28)23-21(25)29/h4-6,10,14,18H,3,7-9,11-13,15H2,1-2H3,(H,23,28,29). The largest absolute Gasteiger partial charge is 0.338 e. The van der Waals surface area contributed by atoms with E-state index in [2.05, 4.69) is 21.8 Å². The number of carbonyl (C=O) groups is 1. The van der Waals surface area contributed by atoms with Crippen molar-refractivity contribution in [2.75, 3.05) is 26.2 Å². The lowest BCUT2D eigenvalue weighted by atomic mass is 10.0. The third kappa shape index (κ3) is 5.41. The highest BCUT2D eigenvalue weighted by Crippen LogP contribution is 2.17. The number of amides is 1. The number of carbonyl (C=O) groups excluding carboxylic acids is 1. The number of hydrogen-bond donors (Lipinski definition) is 1. The second-order valence-electron chi connectivity index (χ2n) is 7.52. The molecule has 156 valence electrons. The van der Waals surface area contributed by atoms with Crippen LogP contribution in [0, 0.1) is 6.92 Å². The fraction of sp³-hybridized carbons (Fsp3) is 0.524. The lowest BCUT2D eigenvalue weighted by molar-refractivity contribution is -0.135. The molecule has 29 heavy (non-hydrogen) atoms. The van der Waals surface area contributed by atoms with Crippen LogP contribution in [0.4, 0.5) is 0 Å². The van der Waals surface area contributed by atoms with Gasteiger partial charge in [-0.05, 0) is 38.4 Å². The number of piperidine rings is 1. The van der Waals surface area contributed by atoms with Gasteiger partial charge in [-0.15, -0.1) is 0 Å². The minimum atomic E-state index is -0.556. The van der Waals surface area contributed by atoms with Crippen molar-refractivity contribution in [3.05, 3.63) is 62.7 Å². The van der Waals surface area contributed by atoms with Crippen LogP contribution in [0.2, 0.25) is 0 Å². The summed E-state index contributed by atoms with van der Waals surface area (Å²) < 4.78 is 1.29. The molecule has 0 saturated carbocycles. The molecule has 3 rings (SSSR count). The molecule has 0 spiro atoms. The molecule has 8 heteroatoms. The van der Waals surface area contributed by atoms with E-state index < -0.39 is 11.2 Å². The number of aromatic amines is 1. The number of aryl methyl sites for hydroxylation is 1. The summed E-state index contributed by atoms with van der Waals surface area (Å²) >= 11 is 0. The maximum Gasteiger partial charge on any atom is 0.328 e. The topological polar surface area (TPSA) is 91.3 Å². The van der Waals surface area contributed by atoms with Gasteiger partial charge in [0.15, 0.2) is 0 Å². The molecule has 0 radical (unpaired) electrons. The highest BCUT2D eigenvalue weighted by molar-refractivity contribution is 5.76. The van der Waals surface area contributed by atoms with Gasteiger partial charge in [-0.25, -0.2) is 4.79 Å². The lowest BCUT2D eigenvalue weighted by Crippen LogP contribution is -2.49. The zero-order valence-corrected chi connectivity index (χ0v) is 17.1. The van der Waals surface area contributed by atoms with Crippen LogP contribution in [0.15, 0.2) is 40.2 Å². The van der Waals surface area contributed by atoms with Crippen LogP contribution in [-0.4, -0.2) is 62.5 Å². The second-order valence-corrected chi connectivity index (χ2v) is 7.52. The summed E-state index contributed by atoms with van der Waals surface area (Å²) in [5.41, 5.74) is 0.374. The smallest absolute Gasteiger partial charge is 0.328 e. The molecule has 1 aliphatic heterocycles. The molecule has 0 unspecified atom stereocenters. The van der Waals surface area contributed by atoms with Crippen LogP contribution in [0.5, 0.6) is 0 Å². The number of rotatable bonds is 7. The quantitative estimate of drug-likeness (QED) is 0.744. The van der Waals surface area contributed by atoms with Gasteiger partial charge in [0, 0.05) is 55.7 Å². The van der Waals surface area contributed by atoms with Crippen molar-refractivity contribution in [3.8, 4) is 0 Å². The van der Waals surface area contributed by atoms with Gasteiger partial charge in [0.25, 0.3) is 5.56 Å². The maximum atomic E-state index is 13.2. The van der Waals surface area contributed by atoms with Crippen LogP contribution in [0.1, 0.15) is 31.0 Å². The molecule has 2 aromatic heterocycles. The number of H-pyrrole nitrogens is 1. The first-order valence-electron chi connectivity index (χ1n) is 10.2. The van der Waals surface area contributed by atoms with Gasteiger partial charge < -0.3 is 9.80 Å². The highest BCUT2D eigenvalue weighted by atomic mass is 16.2. The van der Waals surface area contributed by atoms with E-state index in [-0.39, 0.29) is 18.5 Å². The predicted octanol–water partition coefficient (Wildman–Crippen LogP) is 0.796. The number of likely N-dealkylation sites (tertiary alicyclic amines) is 1. The van der Waals surface area contributed by atoms with Gasteiger partial charge in [-0.2, -0.15) is 0 Å². The van der Waals surface area contributed by atoms with E-state index in [1.54, 1.807) is 13.1 Å². The Morgan fingerprint density at radius 3 is 2.69 bits per heavy atom. The third-order valence-corrected chi connectivity index (χ3v) is 5.59. The zero-order valence-electron chi connectivity index (χ0n) is 17.1. The summed E-state index contributed by atoms with van der Waals surface area (Å²) in [5, 5.41) is 0. The van der Waals surface area contributed by atoms with Crippen LogP contribution < -0.4 is 11.2 Å². The normalized spacial score (nSPS) is 15.4. The molecular formula is C21H29N5O3. The van der Waals surface area contributed by atoms with Gasteiger partial charge in [0.1, 0.15) is 6.54 Å². The van der Waals surface area contributed by atoms with Crippen molar-refractivity contribution in [2.45, 2.75) is 45.7 Å². The average molecular weight is 399 g/mol. The Bertz CT molecular complexity index is 929. The Labute approximate surface area is 170 Å². The van der Waals surface area contributed by atoms with Gasteiger partial charge in [0.05, 0.1) is 0 Å². The molecule has 1 saturated heterocycles. The molecule has 0 aliphatic carbocycles. The van der Waals surface area contributed by atoms with Crippen LogP contribution in [0.25, 0.3) is 0 Å². The summed E-state index contributed by atoms with van der Waals surface area (Å²) in [7, 11) is 0. The van der Waals surface area contributed by atoms with Crippen molar-refractivity contribution >= 4 is 5.91 Å². The first-order valence-corrected chi connectivity index (χ1v) is 10.2. The summed E-state index contributed by atoms with van der Waals surface area (Å²) in [5.74, 6) is -0.107. The number of hydrogen-bond acceptors (Lipinski definition) is 5. The number of nitrogens with zero attached hydrogens (tertiary/aromatic N) is 4. The summed E-state index contributed by atoms with van der Waals surface area (Å²) in [6.07, 6.45) is 5.71. The van der Waals surface area contributed by atoms with Crippen molar-refractivity contribution in [2.24, 2.45) is 0 Å². The van der Waals surface area contributed by atoms with Crippen molar-refractivity contribution < 1.29 is 4.79 Å².